The van der Waals surface area contributed by atoms with E-state index >= 15 is 0 Å². The predicted octanol–water partition coefficient (Wildman–Crippen LogP) is 1.87. The van der Waals surface area contributed by atoms with E-state index in [1.807, 2.05) is 18.2 Å². The molecular formula is C12H11N5O. The molecule has 0 aliphatic rings. The fourth-order valence-electron chi connectivity index (χ4n) is 1.64. The first-order valence-corrected chi connectivity index (χ1v) is 5.67. The maximum Gasteiger partial charge on any atom is 0.239 e. The summed E-state index contributed by atoms with van der Waals surface area (Å²) in [4.78, 5) is 0. The van der Waals surface area contributed by atoms with Gasteiger partial charge in [0.1, 0.15) is 5.75 Å². The summed E-state index contributed by atoms with van der Waals surface area (Å²) in [5.41, 5.74) is 1.81. The first kappa shape index (κ1) is 10.6. The molecule has 0 fully saturated rings. The Hall–Kier alpha value is -2.50. The van der Waals surface area contributed by atoms with Crippen molar-refractivity contribution < 1.29 is 4.74 Å². The van der Waals surface area contributed by atoms with Crippen molar-refractivity contribution >= 4 is 5.65 Å². The smallest absolute Gasteiger partial charge is 0.239 e. The molecule has 1 aromatic carbocycles. The van der Waals surface area contributed by atoms with Crippen molar-refractivity contribution in [3.8, 4) is 11.6 Å². The molecule has 0 aliphatic carbocycles. The van der Waals surface area contributed by atoms with Crippen molar-refractivity contribution in [2.45, 2.75) is 13.3 Å². The Morgan fingerprint density at radius 2 is 2.17 bits per heavy atom. The maximum absolute atomic E-state index is 5.67. The summed E-state index contributed by atoms with van der Waals surface area (Å²) in [6.07, 6.45) is 0.969. The molecule has 0 amide bonds. The largest absolute Gasteiger partial charge is 0.438 e. The van der Waals surface area contributed by atoms with Crippen molar-refractivity contribution in [1.29, 1.82) is 0 Å². The third-order valence-corrected chi connectivity index (χ3v) is 2.57. The molecular weight excluding hydrogens is 230 g/mol. The lowest BCUT2D eigenvalue weighted by Crippen LogP contribution is -1.97. The lowest BCUT2D eigenvalue weighted by Gasteiger charge is -2.05. The zero-order valence-electron chi connectivity index (χ0n) is 9.82. The number of fused-ring (bicyclic) bond motifs is 1. The number of aromatic nitrogens is 5. The number of tetrazole rings is 1. The number of ether oxygens (including phenoxy) is 1. The molecule has 0 radical (unpaired) electrons. The van der Waals surface area contributed by atoms with E-state index in [2.05, 4.69) is 33.6 Å². The maximum atomic E-state index is 5.67. The minimum Gasteiger partial charge on any atom is -0.438 e. The zero-order chi connectivity index (χ0) is 12.4. The highest BCUT2D eigenvalue weighted by atomic mass is 16.5. The van der Waals surface area contributed by atoms with Crippen LogP contribution in [0.25, 0.3) is 5.65 Å². The summed E-state index contributed by atoms with van der Waals surface area (Å²) >= 11 is 0. The van der Waals surface area contributed by atoms with Crippen LogP contribution in [-0.4, -0.2) is 25.3 Å². The van der Waals surface area contributed by atoms with Gasteiger partial charge in [0.05, 0.1) is 0 Å². The second-order valence-electron chi connectivity index (χ2n) is 3.80. The van der Waals surface area contributed by atoms with Gasteiger partial charge in [-0.15, -0.1) is 14.8 Å². The monoisotopic (exact) mass is 241 g/mol. The molecule has 0 aliphatic heterocycles. The molecule has 2 aromatic heterocycles. The molecule has 0 bridgehead atoms. The summed E-state index contributed by atoms with van der Waals surface area (Å²) in [7, 11) is 0. The fourth-order valence-corrected chi connectivity index (χ4v) is 1.64. The first-order valence-electron chi connectivity index (χ1n) is 5.67. The highest BCUT2D eigenvalue weighted by Gasteiger charge is 2.03. The van der Waals surface area contributed by atoms with Crippen LogP contribution in [0.2, 0.25) is 0 Å². The number of nitrogens with zero attached hydrogens (tertiary/aromatic N) is 5. The molecule has 18 heavy (non-hydrogen) atoms. The summed E-state index contributed by atoms with van der Waals surface area (Å²) in [6, 6.07) is 11.4. The van der Waals surface area contributed by atoms with Crippen LogP contribution < -0.4 is 4.74 Å². The topological polar surface area (TPSA) is 65.2 Å². The molecule has 6 heteroatoms. The molecule has 3 rings (SSSR count). The van der Waals surface area contributed by atoms with Crippen LogP contribution in [0.4, 0.5) is 0 Å². The van der Waals surface area contributed by atoms with E-state index in [0.717, 1.165) is 12.2 Å². The number of hydrogen-bond donors (Lipinski definition) is 0. The van der Waals surface area contributed by atoms with Gasteiger partial charge in [-0.05, 0) is 40.6 Å². The average molecular weight is 241 g/mol. The Labute approximate surface area is 103 Å². The van der Waals surface area contributed by atoms with Crippen molar-refractivity contribution in [3.05, 3.63) is 42.0 Å². The lowest BCUT2D eigenvalue weighted by atomic mass is 10.2. The SMILES string of the molecule is CCc1cccc(Oc2ccc3nnnn3n2)c1. The van der Waals surface area contributed by atoms with Gasteiger partial charge in [-0.1, -0.05) is 19.1 Å². The zero-order valence-corrected chi connectivity index (χ0v) is 9.82. The number of hydrogen-bond acceptors (Lipinski definition) is 5. The van der Waals surface area contributed by atoms with Crippen LogP contribution in [0, 0.1) is 0 Å². The van der Waals surface area contributed by atoms with Crippen LogP contribution in [-0.2, 0) is 6.42 Å². The number of aryl methyl sites for hydroxylation is 1. The van der Waals surface area contributed by atoms with E-state index in [1.54, 1.807) is 12.1 Å². The molecule has 6 nitrogen and oxygen atoms in total. The Bertz CT molecular complexity index is 679. The van der Waals surface area contributed by atoms with Crippen molar-refractivity contribution in [3.63, 3.8) is 0 Å². The molecule has 0 saturated heterocycles. The summed E-state index contributed by atoms with van der Waals surface area (Å²) in [6.45, 7) is 2.10. The van der Waals surface area contributed by atoms with E-state index in [0.29, 0.717) is 11.5 Å². The number of rotatable bonds is 3. The second kappa shape index (κ2) is 4.40. The third-order valence-electron chi connectivity index (χ3n) is 2.57. The highest BCUT2D eigenvalue weighted by molar-refractivity contribution is 5.36. The number of benzene rings is 1. The molecule has 0 N–H and O–H groups in total. The quantitative estimate of drug-likeness (QED) is 0.700. The molecule has 90 valence electrons. The standard InChI is InChI=1S/C12H11N5O/c1-2-9-4-3-5-10(8-9)18-12-7-6-11-13-15-16-17(11)14-12/h3-8H,2H2,1H3. The summed E-state index contributed by atoms with van der Waals surface area (Å²) < 4.78 is 7.00. The minimum absolute atomic E-state index is 0.461. The van der Waals surface area contributed by atoms with Gasteiger partial charge in [-0.3, -0.25) is 0 Å². The highest BCUT2D eigenvalue weighted by Crippen LogP contribution is 2.20. The van der Waals surface area contributed by atoms with Gasteiger partial charge >= 0.3 is 0 Å². The first-order chi connectivity index (χ1) is 8.85. The molecule has 0 saturated carbocycles. The van der Waals surface area contributed by atoms with E-state index in [4.69, 9.17) is 4.74 Å². The van der Waals surface area contributed by atoms with E-state index in [-0.39, 0.29) is 0 Å². The van der Waals surface area contributed by atoms with Gasteiger partial charge in [0.15, 0.2) is 5.65 Å². The fraction of sp³-hybridized carbons (Fsp3) is 0.167. The Morgan fingerprint density at radius 3 is 3.06 bits per heavy atom. The molecule has 0 spiro atoms. The van der Waals surface area contributed by atoms with Crippen LogP contribution in [0.3, 0.4) is 0 Å². The molecule has 0 atom stereocenters. The van der Waals surface area contributed by atoms with Crippen molar-refractivity contribution in [2.24, 2.45) is 0 Å². The second-order valence-corrected chi connectivity index (χ2v) is 3.80. The van der Waals surface area contributed by atoms with E-state index < -0.39 is 0 Å². The van der Waals surface area contributed by atoms with E-state index in [1.165, 1.54) is 10.2 Å². The van der Waals surface area contributed by atoms with Crippen LogP contribution >= 0.6 is 0 Å². The van der Waals surface area contributed by atoms with Crippen LogP contribution in [0.15, 0.2) is 36.4 Å². The normalized spacial score (nSPS) is 10.7. The van der Waals surface area contributed by atoms with Gasteiger partial charge in [0, 0.05) is 6.07 Å². The van der Waals surface area contributed by atoms with Crippen LogP contribution in [0.5, 0.6) is 11.6 Å². The Morgan fingerprint density at radius 1 is 1.22 bits per heavy atom. The average Bonchev–Trinajstić information content (AvgIpc) is 2.86. The summed E-state index contributed by atoms with van der Waals surface area (Å²) in [5.74, 6) is 1.22. The molecule has 0 unspecified atom stereocenters. The van der Waals surface area contributed by atoms with Crippen molar-refractivity contribution in [1.82, 2.24) is 25.3 Å². The van der Waals surface area contributed by atoms with Gasteiger partial charge < -0.3 is 4.74 Å². The minimum atomic E-state index is 0.461. The Kier molecular flexibility index (Phi) is 2.60. The lowest BCUT2D eigenvalue weighted by molar-refractivity contribution is 0.446. The van der Waals surface area contributed by atoms with Gasteiger partial charge in [-0.2, -0.15) is 0 Å². The molecule has 2 heterocycles. The predicted molar refractivity (Wildman–Crippen MR) is 64.5 cm³/mol. The Balaban J connectivity index is 1.90. The molecule has 3 aromatic rings. The van der Waals surface area contributed by atoms with Crippen LogP contribution in [0.1, 0.15) is 12.5 Å². The van der Waals surface area contributed by atoms with Gasteiger partial charge in [-0.25, -0.2) is 0 Å². The van der Waals surface area contributed by atoms with Crippen molar-refractivity contribution in [2.75, 3.05) is 0 Å². The summed E-state index contributed by atoms with van der Waals surface area (Å²) in [5, 5.41) is 15.2. The van der Waals surface area contributed by atoms with E-state index in [9.17, 15) is 0 Å². The van der Waals surface area contributed by atoms with Gasteiger partial charge in [0.2, 0.25) is 5.88 Å². The third kappa shape index (κ3) is 2.00. The van der Waals surface area contributed by atoms with Gasteiger partial charge in [0.25, 0.3) is 0 Å².